The minimum atomic E-state index is -3.50. The largest absolute Gasteiger partial charge is 0.497 e. The molecular formula is C14H24N2O3S. The summed E-state index contributed by atoms with van der Waals surface area (Å²) in [5, 5.41) is 0. The standard InChI is InChI=1S/C14H24N2O3S/c1-4-11(2)10-16-20(17,18)14-6-5-13(19-3)9-12(14)7-8-15/h5-6,9,11,16H,4,7-8,10,15H2,1-3H3. The van der Waals surface area contributed by atoms with Crippen LogP contribution in [0.5, 0.6) is 5.75 Å². The van der Waals surface area contributed by atoms with Gasteiger partial charge in [-0.2, -0.15) is 0 Å². The van der Waals surface area contributed by atoms with E-state index < -0.39 is 10.0 Å². The summed E-state index contributed by atoms with van der Waals surface area (Å²) >= 11 is 0. The highest BCUT2D eigenvalue weighted by Gasteiger charge is 2.19. The third kappa shape index (κ3) is 4.47. The number of nitrogens with two attached hydrogens (primary N) is 1. The Morgan fingerprint density at radius 3 is 2.65 bits per heavy atom. The van der Waals surface area contributed by atoms with Crippen molar-refractivity contribution in [3.05, 3.63) is 23.8 Å². The molecule has 0 saturated carbocycles. The van der Waals surface area contributed by atoms with Crippen LogP contribution in [-0.4, -0.2) is 28.6 Å². The molecule has 0 bridgehead atoms. The SMILES string of the molecule is CCC(C)CNS(=O)(=O)c1ccc(OC)cc1CCN. The highest BCUT2D eigenvalue weighted by Crippen LogP contribution is 2.22. The fourth-order valence-corrected chi connectivity index (χ4v) is 3.18. The van der Waals surface area contributed by atoms with Crippen molar-refractivity contribution in [1.82, 2.24) is 4.72 Å². The van der Waals surface area contributed by atoms with E-state index in [1.165, 1.54) is 0 Å². The van der Waals surface area contributed by atoms with Crippen LogP contribution in [0.4, 0.5) is 0 Å². The molecule has 0 aliphatic heterocycles. The lowest BCUT2D eigenvalue weighted by molar-refractivity contribution is 0.413. The first-order chi connectivity index (χ1) is 9.44. The Bertz CT molecular complexity index is 529. The lowest BCUT2D eigenvalue weighted by Crippen LogP contribution is -2.29. The van der Waals surface area contributed by atoms with Gasteiger partial charge < -0.3 is 10.5 Å². The van der Waals surface area contributed by atoms with Gasteiger partial charge in [0, 0.05) is 6.54 Å². The maximum absolute atomic E-state index is 12.4. The average molecular weight is 300 g/mol. The van der Waals surface area contributed by atoms with Gasteiger partial charge in [0.1, 0.15) is 5.75 Å². The summed E-state index contributed by atoms with van der Waals surface area (Å²) in [6.45, 7) is 4.87. The van der Waals surface area contributed by atoms with Gasteiger partial charge in [-0.3, -0.25) is 0 Å². The van der Waals surface area contributed by atoms with Crippen LogP contribution in [0.15, 0.2) is 23.1 Å². The van der Waals surface area contributed by atoms with E-state index in [4.69, 9.17) is 10.5 Å². The molecule has 114 valence electrons. The minimum Gasteiger partial charge on any atom is -0.497 e. The predicted octanol–water partition coefficient (Wildman–Crippen LogP) is 1.52. The number of methoxy groups -OCH3 is 1. The topological polar surface area (TPSA) is 81.4 Å². The summed E-state index contributed by atoms with van der Waals surface area (Å²) in [4.78, 5) is 0.284. The van der Waals surface area contributed by atoms with Crippen LogP contribution in [0, 0.1) is 5.92 Å². The zero-order valence-corrected chi connectivity index (χ0v) is 13.2. The van der Waals surface area contributed by atoms with Gasteiger partial charge in [0.25, 0.3) is 0 Å². The summed E-state index contributed by atoms with van der Waals surface area (Å²) in [7, 11) is -1.95. The number of sulfonamides is 1. The first-order valence-electron chi connectivity index (χ1n) is 6.81. The van der Waals surface area contributed by atoms with Crippen molar-refractivity contribution in [1.29, 1.82) is 0 Å². The molecule has 5 nitrogen and oxygen atoms in total. The molecule has 6 heteroatoms. The highest BCUT2D eigenvalue weighted by atomic mass is 32.2. The number of nitrogens with one attached hydrogen (secondary N) is 1. The number of hydrogen-bond donors (Lipinski definition) is 2. The molecule has 0 radical (unpaired) electrons. The summed E-state index contributed by atoms with van der Waals surface area (Å²) in [5.41, 5.74) is 6.24. The molecule has 20 heavy (non-hydrogen) atoms. The molecule has 0 saturated heterocycles. The number of rotatable bonds is 8. The van der Waals surface area contributed by atoms with Gasteiger partial charge in [0.2, 0.25) is 10.0 Å². The fourth-order valence-electron chi connectivity index (χ4n) is 1.77. The Hall–Kier alpha value is -1.11. The second-order valence-electron chi connectivity index (χ2n) is 4.88. The molecule has 0 aromatic heterocycles. The van der Waals surface area contributed by atoms with Crippen molar-refractivity contribution in [2.75, 3.05) is 20.2 Å². The normalized spacial score (nSPS) is 13.2. The van der Waals surface area contributed by atoms with E-state index in [0.717, 1.165) is 6.42 Å². The molecule has 0 amide bonds. The zero-order valence-electron chi connectivity index (χ0n) is 12.3. The van der Waals surface area contributed by atoms with Crippen molar-refractivity contribution in [2.24, 2.45) is 11.7 Å². The predicted molar refractivity (Wildman–Crippen MR) is 80.4 cm³/mol. The van der Waals surface area contributed by atoms with Crippen molar-refractivity contribution >= 4 is 10.0 Å². The van der Waals surface area contributed by atoms with Crippen LogP contribution >= 0.6 is 0 Å². The van der Waals surface area contributed by atoms with Crippen molar-refractivity contribution in [3.8, 4) is 5.75 Å². The van der Waals surface area contributed by atoms with Crippen LogP contribution in [-0.2, 0) is 16.4 Å². The van der Waals surface area contributed by atoms with Gasteiger partial charge in [0.05, 0.1) is 12.0 Å². The second-order valence-corrected chi connectivity index (χ2v) is 6.61. The molecule has 1 aromatic rings. The van der Waals surface area contributed by atoms with Gasteiger partial charge >= 0.3 is 0 Å². The first-order valence-corrected chi connectivity index (χ1v) is 8.29. The molecule has 1 atom stereocenters. The Kier molecular flexibility index (Phi) is 6.45. The Morgan fingerprint density at radius 1 is 1.40 bits per heavy atom. The van der Waals surface area contributed by atoms with E-state index in [1.807, 2.05) is 13.8 Å². The molecule has 0 spiro atoms. The monoisotopic (exact) mass is 300 g/mol. The Balaban J connectivity index is 3.03. The van der Waals surface area contributed by atoms with Crippen molar-refractivity contribution < 1.29 is 13.2 Å². The van der Waals surface area contributed by atoms with Crippen LogP contribution in [0.3, 0.4) is 0 Å². The van der Waals surface area contributed by atoms with Gasteiger partial charge in [-0.25, -0.2) is 13.1 Å². The smallest absolute Gasteiger partial charge is 0.240 e. The van der Waals surface area contributed by atoms with Crippen LogP contribution in [0.2, 0.25) is 0 Å². The zero-order chi connectivity index (χ0) is 15.2. The molecule has 0 aliphatic rings. The average Bonchev–Trinajstić information content (AvgIpc) is 2.44. The molecule has 1 rings (SSSR count). The number of ether oxygens (including phenoxy) is 1. The van der Waals surface area contributed by atoms with E-state index in [2.05, 4.69) is 4.72 Å². The van der Waals surface area contributed by atoms with Crippen molar-refractivity contribution in [3.63, 3.8) is 0 Å². The van der Waals surface area contributed by atoms with Crippen LogP contribution < -0.4 is 15.2 Å². The molecule has 0 heterocycles. The fraction of sp³-hybridized carbons (Fsp3) is 0.571. The molecule has 1 unspecified atom stereocenters. The third-order valence-corrected chi connectivity index (χ3v) is 4.81. The van der Waals surface area contributed by atoms with Gasteiger partial charge in [-0.05, 0) is 42.6 Å². The Morgan fingerprint density at radius 2 is 2.10 bits per heavy atom. The quantitative estimate of drug-likeness (QED) is 0.762. The van der Waals surface area contributed by atoms with Gasteiger partial charge in [-0.1, -0.05) is 20.3 Å². The summed E-state index contributed by atoms with van der Waals surface area (Å²) in [6.07, 6.45) is 1.43. The van der Waals surface area contributed by atoms with E-state index >= 15 is 0 Å². The lowest BCUT2D eigenvalue weighted by Gasteiger charge is -2.14. The lowest BCUT2D eigenvalue weighted by atomic mass is 10.1. The highest BCUT2D eigenvalue weighted by molar-refractivity contribution is 7.89. The molecule has 0 fully saturated rings. The van der Waals surface area contributed by atoms with E-state index in [1.54, 1.807) is 25.3 Å². The molecular weight excluding hydrogens is 276 g/mol. The van der Waals surface area contributed by atoms with Gasteiger partial charge in [-0.15, -0.1) is 0 Å². The maximum atomic E-state index is 12.4. The van der Waals surface area contributed by atoms with Crippen molar-refractivity contribution in [2.45, 2.75) is 31.6 Å². The molecule has 0 aliphatic carbocycles. The van der Waals surface area contributed by atoms with Gasteiger partial charge in [0.15, 0.2) is 0 Å². The van der Waals surface area contributed by atoms with Crippen LogP contribution in [0.25, 0.3) is 0 Å². The van der Waals surface area contributed by atoms with E-state index in [0.29, 0.717) is 36.7 Å². The summed E-state index contributed by atoms with van der Waals surface area (Å²) < 4.78 is 32.5. The third-order valence-electron chi connectivity index (χ3n) is 3.29. The second kappa shape index (κ2) is 7.61. The molecule has 3 N–H and O–H groups in total. The molecule has 1 aromatic carbocycles. The number of benzene rings is 1. The number of hydrogen-bond acceptors (Lipinski definition) is 4. The van der Waals surface area contributed by atoms with E-state index in [-0.39, 0.29) is 4.90 Å². The summed E-state index contributed by atoms with van der Waals surface area (Å²) in [5.74, 6) is 0.940. The maximum Gasteiger partial charge on any atom is 0.240 e. The summed E-state index contributed by atoms with van der Waals surface area (Å²) in [6, 6.07) is 4.95. The first kappa shape index (κ1) is 16.9. The minimum absolute atomic E-state index is 0.284. The Labute approximate surface area is 121 Å². The van der Waals surface area contributed by atoms with Crippen LogP contribution in [0.1, 0.15) is 25.8 Å². The van der Waals surface area contributed by atoms with E-state index in [9.17, 15) is 8.42 Å².